The number of carbonyl (C=O) groups is 2. The number of rotatable bonds is 1. The third kappa shape index (κ3) is 1.25. The Morgan fingerprint density at radius 2 is 2.00 bits per heavy atom. The van der Waals surface area contributed by atoms with Crippen molar-refractivity contribution in [1.29, 1.82) is 0 Å². The van der Waals surface area contributed by atoms with E-state index in [9.17, 15) is 9.59 Å². The van der Waals surface area contributed by atoms with Crippen molar-refractivity contribution in [1.82, 2.24) is 4.90 Å². The number of imide groups is 1. The van der Waals surface area contributed by atoms with Crippen molar-refractivity contribution in [2.24, 2.45) is 5.73 Å². The van der Waals surface area contributed by atoms with E-state index in [4.69, 9.17) is 5.73 Å². The first-order valence-electron chi connectivity index (χ1n) is 4.36. The summed E-state index contributed by atoms with van der Waals surface area (Å²) < 4.78 is 0. The predicted octanol–water partition coefficient (Wildman–Crippen LogP) is 1.04. The Bertz CT molecular complexity index is 367. The molecule has 0 saturated carbocycles. The van der Waals surface area contributed by atoms with E-state index >= 15 is 0 Å². The van der Waals surface area contributed by atoms with Crippen molar-refractivity contribution < 1.29 is 9.59 Å². The zero-order valence-electron chi connectivity index (χ0n) is 7.51. The van der Waals surface area contributed by atoms with Crippen LogP contribution in [0.5, 0.6) is 0 Å². The number of amides is 3. The Hall–Kier alpha value is -1.84. The molecule has 0 spiro atoms. The van der Waals surface area contributed by atoms with Gasteiger partial charge in [0.15, 0.2) is 0 Å². The van der Waals surface area contributed by atoms with E-state index in [1.807, 2.05) is 30.3 Å². The average molecular weight is 190 g/mol. The molecule has 72 valence electrons. The molecule has 2 N–H and O–H groups in total. The second-order valence-corrected chi connectivity index (χ2v) is 3.23. The Morgan fingerprint density at radius 1 is 1.36 bits per heavy atom. The van der Waals surface area contributed by atoms with Crippen molar-refractivity contribution >= 4 is 11.9 Å². The first-order valence-corrected chi connectivity index (χ1v) is 4.36. The zero-order valence-corrected chi connectivity index (χ0v) is 7.51. The molecule has 4 heteroatoms. The number of benzene rings is 1. The van der Waals surface area contributed by atoms with Gasteiger partial charge in [0.2, 0.25) is 5.91 Å². The largest absolute Gasteiger partial charge is 0.351 e. The maximum Gasteiger partial charge on any atom is 0.322 e. The van der Waals surface area contributed by atoms with Crippen molar-refractivity contribution in [3.8, 4) is 0 Å². The quantitative estimate of drug-likeness (QED) is 0.672. The number of carbonyl (C=O) groups excluding carboxylic acids is 2. The fourth-order valence-corrected chi connectivity index (χ4v) is 1.64. The van der Waals surface area contributed by atoms with Crippen LogP contribution >= 0.6 is 0 Å². The van der Waals surface area contributed by atoms with Crippen molar-refractivity contribution in [2.45, 2.75) is 12.5 Å². The molecule has 1 aromatic rings. The average Bonchev–Trinajstić information content (AvgIpc) is 2.14. The Balaban J connectivity index is 2.22. The monoisotopic (exact) mass is 190 g/mol. The molecule has 1 atom stereocenters. The minimum atomic E-state index is -0.671. The van der Waals surface area contributed by atoms with E-state index in [0.717, 1.165) is 10.5 Å². The van der Waals surface area contributed by atoms with Gasteiger partial charge in [-0.3, -0.25) is 9.69 Å². The van der Waals surface area contributed by atoms with Gasteiger partial charge in [-0.25, -0.2) is 4.79 Å². The van der Waals surface area contributed by atoms with Crippen LogP contribution in [0.2, 0.25) is 0 Å². The highest BCUT2D eigenvalue weighted by molar-refractivity contribution is 5.99. The molecule has 3 amide bonds. The lowest BCUT2D eigenvalue weighted by molar-refractivity contribution is -0.140. The first kappa shape index (κ1) is 8.74. The molecule has 1 heterocycles. The summed E-state index contributed by atoms with van der Waals surface area (Å²) in [6.07, 6.45) is 0.368. The summed E-state index contributed by atoms with van der Waals surface area (Å²) in [5.74, 6) is -0.202. The SMILES string of the molecule is NC(=O)N1C(=O)CC1c1ccccc1. The smallest absolute Gasteiger partial charge is 0.322 e. The summed E-state index contributed by atoms with van der Waals surface area (Å²) in [6.45, 7) is 0. The molecule has 1 saturated heterocycles. The van der Waals surface area contributed by atoms with E-state index in [2.05, 4.69) is 0 Å². The van der Waals surface area contributed by atoms with Crippen LogP contribution in [0.1, 0.15) is 18.0 Å². The third-order valence-corrected chi connectivity index (χ3v) is 2.37. The van der Waals surface area contributed by atoms with Crippen LogP contribution in [-0.2, 0) is 4.79 Å². The topological polar surface area (TPSA) is 63.4 Å². The van der Waals surface area contributed by atoms with Gasteiger partial charge in [0, 0.05) is 0 Å². The highest BCUT2D eigenvalue weighted by Gasteiger charge is 2.40. The number of primary amides is 1. The zero-order chi connectivity index (χ0) is 10.1. The molecular formula is C10H10N2O2. The molecule has 1 aromatic carbocycles. The summed E-state index contributed by atoms with van der Waals surface area (Å²) in [5.41, 5.74) is 6.03. The molecule has 0 aromatic heterocycles. The lowest BCUT2D eigenvalue weighted by Crippen LogP contribution is -2.52. The van der Waals surface area contributed by atoms with Crippen molar-refractivity contribution in [3.05, 3.63) is 35.9 Å². The summed E-state index contributed by atoms with van der Waals surface area (Å²) in [4.78, 5) is 23.1. The normalized spacial score (nSPS) is 20.4. The van der Waals surface area contributed by atoms with E-state index in [1.54, 1.807) is 0 Å². The molecule has 4 nitrogen and oxygen atoms in total. The van der Waals surface area contributed by atoms with Crippen LogP contribution in [0.4, 0.5) is 4.79 Å². The predicted molar refractivity (Wildman–Crippen MR) is 50.2 cm³/mol. The number of nitrogens with zero attached hydrogens (tertiary/aromatic N) is 1. The molecule has 1 unspecified atom stereocenters. The van der Waals surface area contributed by atoms with Gasteiger partial charge in [0.05, 0.1) is 12.5 Å². The van der Waals surface area contributed by atoms with Crippen molar-refractivity contribution in [3.63, 3.8) is 0 Å². The van der Waals surface area contributed by atoms with Crippen LogP contribution in [0.15, 0.2) is 30.3 Å². The van der Waals surface area contributed by atoms with Gasteiger partial charge in [0.1, 0.15) is 0 Å². The molecule has 14 heavy (non-hydrogen) atoms. The van der Waals surface area contributed by atoms with Crippen LogP contribution < -0.4 is 5.73 Å². The van der Waals surface area contributed by atoms with E-state index in [1.165, 1.54) is 0 Å². The number of nitrogens with two attached hydrogens (primary N) is 1. The molecule has 0 aliphatic carbocycles. The summed E-state index contributed by atoms with van der Waals surface area (Å²) in [7, 11) is 0. The molecule has 1 aliphatic heterocycles. The van der Waals surface area contributed by atoms with Gasteiger partial charge >= 0.3 is 6.03 Å². The lowest BCUT2D eigenvalue weighted by atomic mass is 9.94. The Labute approximate surface area is 81.3 Å². The molecule has 0 bridgehead atoms. The summed E-state index contributed by atoms with van der Waals surface area (Å²) in [6, 6.07) is 8.56. The van der Waals surface area contributed by atoms with Crippen LogP contribution in [0.25, 0.3) is 0 Å². The Kier molecular flexibility index (Phi) is 1.96. The fraction of sp³-hybridized carbons (Fsp3) is 0.200. The standard InChI is InChI=1S/C10H10N2O2/c11-10(14)12-8(6-9(12)13)7-4-2-1-3-5-7/h1-5,8H,6H2,(H2,11,14). The minimum Gasteiger partial charge on any atom is -0.351 e. The fourth-order valence-electron chi connectivity index (χ4n) is 1.64. The number of hydrogen-bond acceptors (Lipinski definition) is 2. The van der Waals surface area contributed by atoms with Gasteiger partial charge in [-0.2, -0.15) is 0 Å². The van der Waals surface area contributed by atoms with Gasteiger partial charge in [-0.15, -0.1) is 0 Å². The molecule has 0 radical (unpaired) electrons. The second-order valence-electron chi connectivity index (χ2n) is 3.23. The molecular weight excluding hydrogens is 180 g/mol. The van der Waals surface area contributed by atoms with E-state index in [-0.39, 0.29) is 11.9 Å². The summed E-state index contributed by atoms with van der Waals surface area (Å²) in [5, 5.41) is 0. The Morgan fingerprint density at radius 3 is 2.50 bits per heavy atom. The highest BCUT2D eigenvalue weighted by atomic mass is 16.2. The highest BCUT2D eigenvalue weighted by Crippen LogP contribution is 2.33. The lowest BCUT2D eigenvalue weighted by Gasteiger charge is -2.37. The maximum atomic E-state index is 11.1. The maximum absolute atomic E-state index is 11.1. The first-order chi connectivity index (χ1) is 6.70. The van der Waals surface area contributed by atoms with Crippen LogP contribution in [-0.4, -0.2) is 16.8 Å². The van der Waals surface area contributed by atoms with Crippen LogP contribution in [0, 0.1) is 0 Å². The molecule has 2 rings (SSSR count). The number of urea groups is 1. The summed E-state index contributed by atoms with van der Waals surface area (Å²) >= 11 is 0. The third-order valence-electron chi connectivity index (χ3n) is 2.37. The molecule has 1 fully saturated rings. The van der Waals surface area contributed by atoms with E-state index < -0.39 is 6.03 Å². The number of β-lactam (4-membered cyclic amide) rings is 1. The second kappa shape index (κ2) is 3.14. The van der Waals surface area contributed by atoms with Gasteiger partial charge in [-0.1, -0.05) is 30.3 Å². The number of likely N-dealkylation sites (tertiary alicyclic amines) is 1. The van der Waals surface area contributed by atoms with Crippen LogP contribution in [0.3, 0.4) is 0 Å². The molecule has 1 aliphatic rings. The number of hydrogen-bond donors (Lipinski definition) is 1. The van der Waals surface area contributed by atoms with Gasteiger partial charge < -0.3 is 5.73 Å². The van der Waals surface area contributed by atoms with Gasteiger partial charge in [-0.05, 0) is 5.56 Å². The van der Waals surface area contributed by atoms with Gasteiger partial charge in [0.25, 0.3) is 0 Å². The van der Waals surface area contributed by atoms with Crippen molar-refractivity contribution in [2.75, 3.05) is 0 Å². The minimum absolute atomic E-state index is 0.166. The van der Waals surface area contributed by atoms with E-state index in [0.29, 0.717) is 6.42 Å².